The summed E-state index contributed by atoms with van der Waals surface area (Å²) in [5.74, 6) is -0.0176. The van der Waals surface area contributed by atoms with Crippen molar-refractivity contribution in [3.8, 4) is 0 Å². The third-order valence-corrected chi connectivity index (χ3v) is 8.06. The maximum atomic E-state index is 14.0. The highest BCUT2D eigenvalue weighted by Gasteiger charge is 2.59. The van der Waals surface area contributed by atoms with E-state index in [0.29, 0.717) is 6.54 Å². The molecule has 2 atom stereocenters. The van der Waals surface area contributed by atoms with Gasteiger partial charge in [0, 0.05) is 53.3 Å². The van der Waals surface area contributed by atoms with Gasteiger partial charge >= 0.3 is 0 Å². The number of benzene rings is 2. The van der Waals surface area contributed by atoms with E-state index in [4.69, 9.17) is 15.0 Å². The molecule has 4 aromatic rings. The van der Waals surface area contributed by atoms with Crippen molar-refractivity contribution in [2.24, 2.45) is 10.9 Å². The van der Waals surface area contributed by atoms with Gasteiger partial charge in [0.25, 0.3) is 0 Å². The van der Waals surface area contributed by atoms with E-state index >= 15 is 0 Å². The minimum Gasteiger partial charge on any atom is -0.387 e. The number of nitrogens with one attached hydrogen (secondary N) is 1. The normalized spacial score (nSPS) is 24.7. The molecule has 0 saturated carbocycles. The number of dihydropyridines is 1. The summed E-state index contributed by atoms with van der Waals surface area (Å²) in [6, 6.07) is 18.5. The number of hydrogen-bond donors (Lipinski definition) is 1. The van der Waals surface area contributed by atoms with Crippen molar-refractivity contribution in [1.29, 1.82) is 0 Å². The summed E-state index contributed by atoms with van der Waals surface area (Å²) in [7, 11) is 0. The Hall–Kier alpha value is -3.86. The molecule has 2 aliphatic carbocycles. The third-order valence-electron chi connectivity index (χ3n) is 8.06. The van der Waals surface area contributed by atoms with Gasteiger partial charge in [0.1, 0.15) is 0 Å². The number of aliphatic imine (C=N–C) groups is 1. The summed E-state index contributed by atoms with van der Waals surface area (Å²) >= 11 is 0. The van der Waals surface area contributed by atoms with E-state index in [0.717, 1.165) is 74.9 Å². The number of pyridine rings is 2. The number of rotatable bonds is 0. The second kappa shape index (κ2) is 5.93. The topological polar surface area (TPSA) is 67.2 Å². The summed E-state index contributed by atoms with van der Waals surface area (Å²) in [5, 5.41) is 6.96. The molecule has 0 radical (unpaired) electrons. The van der Waals surface area contributed by atoms with Gasteiger partial charge in [-0.3, -0.25) is 19.8 Å². The number of para-hydroxylation sites is 1. The molecule has 2 aromatic heterocycles. The summed E-state index contributed by atoms with van der Waals surface area (Å²) in [6.07, 6.45) is 3.51. The Morgan fingerprint density at radius 3 is 2.85 bits per heavy atom. The zero-order chi connectivity index (χ0) is 21.7. The van der Waals surface area contributed by atoms with Crippen molar-refractivity contribution in [1.82, 2.24) is 15.3 Å². The van der Waals surface area contributed by atoms with Crippen molar-refractivity contribution < 1.29 is 4.79 Å². The molecule has 0 saturated heterocycles. The van der Waals surface area contributed by atoms with Crippen LogP contribution in [0.2, 0.25) is 0 Å². The highest BCUT2D eigenvalue weighted by molar-refractivity contribution is 6.26. The lowest BCUT2D eigenvalue weighted by molar-refractivity contribution is 0.0832. The fourth-order valence-electron chi connectivity index (χ4n) is 6.75. The second-order valence-electron chi connectivity index (χ2n) is 9.50. The van der Waals surface area contributed by atoms with E-state index in [1.807, 2.05) is 30.5 Å². The maximum Gasteiger partial charge on any atom is 0.169 e. The molecule has 1 N–H and O–H groups in total. The number of allylic oxidation sites excluding steroid dienone is 1. The first-order valence-corrected chi connectivity index (χ1v) is 11.6. The second-order valence-corrected chi connectivity index (χ2v) is 9.50. The molecule has 1 spiro atoms. The lowest BCUT2D eigenvalue weighted by atomic mass is 9.53. The Morgan fingerprint density at radius 1 is 1.00 bits per heavy atom. The smallest absolute Gasteiger partial charge is 0.169 e. The first-order chi connectivity index (χ1) is 16.3. The average molecular weight is 428 g/mol. The van der Waals surface area contributed by atoms with Crippen molar-refractivity contribution in [3.05, 3.63) is 94.6 Å². The van der Waals surface area contributed by atoms with Gasteiger partial charge in [0.05, 0.1) is 33.9 Å². The van der Waals surface area contributed by atoms with Crippen LogP contribution in [0.25, 0.3) is 21.7 Å². The van der Waals surface area contributed by atoms with E-state index in [1.165, 1.54) is 5.70 Å². The van der Waals surface area contributed by atoms with Crippen molar-refractivity contribution >= 4 is 33.2 Å². The van der Waals surface area contributed by atoms with E-state index < -0.39 is 5.41 Å². The predicted molar refractivity (Wildman–Crippen MR) is 128 cm³/mol. The van der Waals surface area contributed by atoms with Gasteiger partial charge in [0.15, 0.2) is 5.78 Å². The molecule has 2 aromatic carbocycles. The Bertz CT molecular complexity index is 1630. The molecule has 2 aliphatic heterocycles. The van der Waals surface area contributed by atoms with Crippen LogP contribution in [0.15, 0.2) is 77.1 Å². The van der Waals surface area contributed by atoms with Crippen LogP contribution < -0.4 is 5.32 Å². The predicted octanol–water partition coefficient (Wildman–Crippen LogP) is 4.14. The molecule has 5 nitrogen and oxygen atoms in total. The number of Topliss-reactive ketones (excluding diaryl/α,β-unsaturated/α-hetero) is 1. The Balaban J connectivity index is 1.60. The zero-order valence-corrected chi connectivity index (χ0v) is 17.9. The molecule has 2 unspecified atom stereocenters. The standard InChI is InChI=1S/C28H20N4O/c33-26-16-6-2-1-5-15(16)13-28-19(26)14-31-21-10-12-30-25(23(21)28)24-22-18(9-11-29-24)17-7-3-4-8-20(17)32-27(22)28/h1-9,11,19,31H,10,12-14H2. The van der Waals surface area contributed by atoms with Gasteiger partial charge in [-0.25, -0.2) is 0 Å². The Labute approximate surface area is 190 Å². The molecule has 0 bridgehead atoms. The van der Waals surface area contributed by atoms with Crippen molar-refractivity contribution in [2.45, 2.75) is 18.3 Å². The average Bonchev–Trinajstić information content (AvgIpc) is 2.87. The molecule has 0 amide bonds. The quantitative estimate of drug-likeness (QED) is 0.428. The number of hydrogen-bond acceptors (Lipinski definition) is 5. The Kier molecular flexibility index (Phi) is 3.17. The van der Waals surface area contributed by atoms with Gasteiger partial charge in [-0.2, -0.15) is 0 Å². The number of carbonyl (C=O) groups excluding carboxylic acids is 1. The first kappa shape index (κ1) is 17.7. The highest BCUT2D eigenvalue weighted by atomic mass is 16.1. The van der Waals surface area contributed by atoms with Gasteiger partial charge < -0.3 is 5.32 Å². The van der Waals surface area contributed by atoms with Crippen LogP contribution in [0.4, 0.5) is 0 Å². The molecule has 158 valence electrons. The molecular weight excluding hydrogens is 408 g/mol. The van der Waals surface area contributed by atoms with E-state index in [1.54, 1.807) is 0 Å². The van der Waals surface area contributed by atoms with E-state index in [2.05, 4.69) is 35.6 Å². The summed E-state index contributed by atoms with van der Waals surface area (Å²) in [6.45, 7) is 1.37. The van der Waals surface area contributed by atoms with Crippen LogP contribution in [0, 0.1) is 5.92 Å². The molecular formula is C28H20N4O. The van der Waals surface area contributed by atoms with Crippen LogP contribution in [0.5, 0.6) is 0 Å². The molecule has 0 fully saturated rings. The summed E-state index contributed by atoms with van der Waals surface area (Å²) < 4.78 is 0. The first-order valence-electron chi connectivity index (χ1n) is 11.6. The minimum absolute atomic E-state index is 0.205. The highest BCUT2D eigenvalue weighted by Crippen LogP contribution is 2.56. The van der Waals surface area contributed by atoms with Crippen molar-refractivity contribution in [3.63, 3.8) is 0 Å². The lowest BCUT2D eigenvalue weighted by Gasteiger charge is -2.52. The van der Waals surface area contributed by atoms with Crippen LogP contribution in [-0.4, -0.2) is 34.6 Å². The fraction of sp³-hybridized carbons (Fsp3) is 0.214. The van der Waals surface area contributed by atoms with Crippen LogP contribution in [-0.2, 0) is 11.8 Å². The lowest BCUT2D eigenvalue weighted by Crippen LogP contribution is -2.58. The summed E-state index contributed by atoms with van der Waals surface area (Å²) in [4.78, 5) is 29.1. The van der Waals surface area contributed by atoms with E-state index in [9.17, 15) is 4.79 Å². The monoisotopic (exact) mass is 428 g/mol. The maximum absolute atomic E-state index is 14.0. The van der Waals surface area contributed by atoms with Crippen LogP contribution >= 0.6 is 0 Å². The minimum atomic E-state index is -0.524. The van der Waals surface area contributed by atoms with Gasteiger partial charge in [0.2, 0.25) is 0 Å². The van der Waals surface area contributed by atoms with Gasteiger partial charge in [-0.05, 0) is 29.5 Å². The SMILES string of the molecule is O=C1c2ccccc2CC23C4=C(CCN=C4c4nccc5c4c2nc2ccccc25)NCC13. The number of fused-ring (bicyclic) bond motifs is 4. The number of nitrogens with zero attached hydrogens (tertiary/aromatic N) is 3. The third kappa shape index (κ3) is 2.00. The zero-order valence-electron chi connectivity index (χ0n) is 17.9. The largest absolute Gasteiger partial charge is 0.387 e. The Morgan fingerprint density at radius 2 is 1.88 bits per heavy atom. The molecule has 5 heteroatoms. The number of ketones is 1. The molecule has 4 heterocycles. The number of aromatic nitrogens is 2. The van der Waals surface area contributed by atoms with Crippen LogP contribution in [0.3, 0.4) is 0 Å². The number of carbonyl (C=O) groups is 1. The fourth-order valence-corrected chi connectivity index (χ4v) is 6.75. The van der Waals surface area contributed by atoms with Gasteiger partial charge in [-0.1, -0.05) is 42.5 Å². The van der Waals surface area contributed by atoms with Crippen LogP contribution in [0.1, 0.15) is 33.7 Å². The molecule has 8 rings (SSSR count). The molecule has 4 aliphatic rings. The van der Waals surface area contributed by atoms with Crippen molar-refractivity contribution in [2.75, 3.05) is 13.1 Å². The van der Waals surface area contributed by atoms with Gasteiger partial charge in [-0.15, -0.1) is 0 Å². The summed E-state index contributed by atoms with van der Waals surface area (Å²) in [5.41, 5.74) is 7.63. The molecule has 33 heavy (non-hydrogen) atoms. The van der Waals surface area contributed by atoms with E-state index in [-0.39, 0.29) is 11.7 Å².